The van der Waals surface area contributed by atoms with Gasteiger partial charge in [0.25, 0.3) is 0 Å². The Hall–Kier alpha value is -10.2. The van der Waals surface area contributed by atoms with Crippen molar-refractivity contribution in [1.82, 2.24) is 63.8 Å². The summed E-state index contributed by atoms with van der Waals surface area (Å²) >= 11 is 1.26. The second-order valence-corrected chi connectivity index (χ2v) is 23.9. The fourth-order valence-corrected chi connectivity index (χ4v) is 9.33. The monoisotopic (exact) mass is 1450 g/mol. The number of carboxylic acid groups (broad SMARTS) is 2. The van der Waals surface area contributed by atoms with Crippen LogP contribution in [0.15, 0.2) is 45.3 Å². The first kappa shape index (κ1) is 88.8. The van der Waals surface area contributed by atoms with Gasteiger partial charge in [-0.05, 0) is 74.9 Å². The van der Waals surface area contributed by atoms with Crippen LogP contribution >= 0.6 is 11.8 Å². The fraction of sp³-hybridized carbons (Fsp3) is 0.603. The van der Waals surface area contributed by atoms with Crippen molar-refractivity contribution in [3.63, 3.8) is 0 Å². The minimum absolute atomic E-state index is 0.000508. The SMILES string of the molecule is CSCC[C@H](NC(=O)[C@H](CCCN=C(N)N)NC(=O)CNC(=O)CNC(=O)[C@H](Cc1ccccc1)NC(=O)[C@H](CO)NC(=O)[C@H](CO)NC(=O)[C@H](CO)NC(=O)[C@H](CCCN=C(N)N)NC(=O)[C@H](CCCN=C(N)N)NC(=O)[C@H](CC(C)C)NC(=O)[C@@H](N)CO)C(=O)N[C@@H](CC(=O)O)C(=O)O. The molecule has 1 aromatic rings. The standard InChI is InChI=1S/C58H98N22O20S/c1-29(2)20-36(75-45(89)31(59)25-81)51(95)73-33(13-8-17-67-57(62)63)48(92)72-34(14-9-18-68-58(64)65)49(93)78-40(27-83)53(97)80-41(28-84)54(98)79-39(26-82)52(96)76-37(21-30-10-5-4-6-11-30)46(90)70-23-42(85)69-24-43(86)71-32(12-7-16-66-56(60)61)47(91)74-35(15-19-101-3)50(94)77-38(55(99)100)22-44(87)88/h4-6,10-11,29,31-41,81-84H,7-9,12-28,59H2,1-3H3,(H,69,85)(H,70,90)(H,71,86)(H,72,92)(H,73,95)(H,74,91)(H,75,89)(H,76,96)(H,77,94)(H,78,93)(H,79,98)(H,80,97)(H,87,88)(H,99,100)(H4,60,61,66)(H4,62,63,67)(H4,64,65,68)/t31-,32-,33-,34-,35-,36-,37-,38-,39-,40-,41-/m0/s1. The number of aliphatic imine (C=N–C) groups is 3. The third-order valence-corrected chi connectivity index (χ3v) is 14.7. The minimum Gasteiger partial charge on any atom is -0.481 e. The number of aliphatic hydroxyl groups is 4. The highest BCUT2D eigenvalue weighted by molar-refractivity contribution is 7.98. The van der Waals surface area contributed by atoms with Crippen molar-refractivity contribution in [2.45, 2.75) is 145 Å². The van der Waals surface area contributed by atoms with Gasteiger partial charge in [0.1, 0.15) is 66.5 Å². The van der Waals surface area contributed by atoms with Gasteiger partial charge in [0, 0.05) is 26.1 Å². The molecule has 12 amide bonds. The van der Waals surface area contributed by atoms with Crippen molar-refractivity contribution in [2.75, 3.05) is 71.2 Å². The number of nitrogens with zero attached hydrogens (tertiary/aromatic N) is 3. The highest BCUT2D eigenvalue weighted by Crippen LogP contribution is 2.11. The lowest BCUT2D eigenvalue weighted by Crippen LogP contribution is -2.61. The molecule has 1 rings (SSSR count). The fourth-order valence-electron chi connectivity index (χ4n) is 8.86. The Kier molecular flexibility index (Phi) is 42.6. The van der Waals surface area contributed by atoms with Gasteiger partial charge in [-0.25, -0.2) is 4.79 Å². The lowest BCUT2D eigenvalue weighted by atomic mass is 10.0. The summed E-state index contributed by atoms with van der Waals surface area (Å²) in [5.74, 6) is -16.6. The zero-order valence-corrected chi connectivity index (χ0v) is 57.0. The van der Waals surface area contributed by atoms with Crippen molar-refractivity contribution >= 4 is 112 Å². The first-order valence-corrected chi connectivity index (χ1v) is 33.0. The summed E-state index contributed by atoms with van der Waals surface area (Å²) in [6, 6.07) is -9.80. The summed E-state index contributed by atoms with van der Waals surface area (Å²) in [6.45, 7) is -2.56. The molecule has 42 nitrogen and oxygen atoms in total. The van der Waals surface area contributed by atoms with Crippen LogP contribution in [0.5, 0.6) is 0 Å². The third-order valence-electron chi connectivity index (χ3n) is 14.1. The molecule has 0 unspecified atom stereocenters. The van der Waals surface area contributed by atoms with E-state index in [0.717, 1.165) is 0 Å². The van der Waals surface area contributed by atoms with Crippen LogP contribution in [0.1, 0.15) is 77.2 Å². The molecule has 0 saturated heterocycles. The van der Waals surface area contributed by atoms with E-state index in [1.54, 1.807) is 50.4 Å². The van der Waals surface area contributed by atoms with E-state index >= 15 is 0 Å². The maximum Gasteiger partial charge on any atom is 0.326 e. The van der Waals surface area contributed by atoms with Crippen molar-refractivity contribution in [3.8, 4) is 0 Å². The van der Waals surface area contributed by atoms with Gasteiger partial charge in [-0.3, -0.25) is 77.3 Å². The normalized spacial score (nSPS) is 14.1. The highest BCUT2D eigenvalue weighted by Gasteiger charge is 2.36. The molecule has 101 heavy (non-hydrogen) atoms. The second kappa shape index (κ2) is 48.5. The van der Waals surface area contributed by atoms with E-state index < -0.39 is 195 Å². The number of hydrogen-bond donors (Lipinski definition) is 25. The Morgan fingerprint density at radius 1 is 0.426 bits per heavy atom. The number of nitrogens with one attached hydrogen (secondary N) is 12. The highest BCUT2D eigenvalue weighted by atomic mass is 32.2. The van der Waals surface area contributed by atoms with E-state index in [0.29, 0.717) is 5.56 Å². The van der Waals surface area contributed by atoms with E-state index in [1.807, 2.05) is 0 Å². The molecule has 0 heterocycles. The van der Waals surface area contributed by atoms with Crippen LogP contribution in [-0.2, 0) is 73.5 Å². The van der Waals surface area contributed by atoms with Crippen molar-refractivity contribution in [1.29, 1.82) is 0 Å². The van der Waals surface area contributed by atoms with Gasteiger partial charge < -0.3 is 135 Å². The first-order chi connectivity index (χ1) is 47.7. The van der Waals surface area contributed by atoms with Gasteiger partial charge >= 0.3 is 11.9 Å². The average molecular weight is 1460 g/mol. The molecule has 0 aliphatic carbocycles. The molecule has 11 atom stereocenters. The molecule has 0 saturated carbocycles. The lowest BCUT2D eigenvalue weighted by Gasteiger charge is -2.27. The summed E-state index contributed by atoms with van der Waals surface area (Å²) in [5.41, 5.74) is 38.7. The van der Waals surface area contributed by atoms with E-state index in [4.69, 9.17) is 45.2 Å². The number of aliphatic carboxylic acids is 2. The van der Waals surface area contributed by atoms with Gasteiger partial charge in [-0.2, -0.15) is 11.8 Å². The first-order valence-electron chi connectivity index (χ1n) is 31.6. The molecular weight excluding hydrogens is 1360 g/mol. The zero-order valence-electron chi connectivity index (χ0n) is 56.1. The van der Waals surface area contributed by atoms with Crippen molar-refractivity contribution < 1.29 is 97.8 Å². The number of guanidine groups is 3. The smallest absolute Gasteiger partial charge is 0.326 e. The molecule has 43 heteroatoms. The average Bonchev–Trinajstić information content (AvgIpc) is 0.872. The molecule has 32 N–H and O–H groups in total. The van der Waals surface area contributed by atoms with Gasteiger partial charge in [-0.1, -0.05) is 44.2 Å². The summed E-state index contributed by atoms with van der Waals surface area (Å²) in [6.07, 6.45) is 0.0160. The van der Waals surface area contributed by atoms with E-state index in [9.17, 15) is 92.7 Å². The predicted octanol–water partition coefficient (Wildman–Crippen LogP) is -11.9. The van der Waals surface area contributed by atoms with Crippen LogP contribution in [0, 0.1) is 5.92 Å². The summed E-state index contributed by atoms with van der Waals surface area (Å²) < 4.78 is 0. The van der Waals surface area contributed by atoms with Gasteiger partial charge in [0.2, 0.25) is 70.9 Å². The van der Waals surface area contributed by atoms with E-state index in [-0.39, 0.29) is 107 Å². The number of amides is 12. The summed E-state index contributed by atoms with van der Waals surface area (Å²) in [4.78, 5) is 197. The van der Waals surface area contributed by atoms with Crippen LogP contribution in [0.2, 0.25) is 0 Å². The Labute approximate surface area is 584 Å². The number of carboxylic acids is 2. The number of thioether (sulfide) groups is 1. The molecular formula is C58H98N22O20S. The summed E-state index contributed by atoms with van der Waals surface area (Å²) in [7, 11) is 0. The Morgan fingerprint density at radius 2 is 0.782 bits per heavy atom. The molecule has 0 aliphatic rings. The third kappa shape index (κ3) is 37.0. The maximum atomic E-state index is 14.1. The zero-order chi connectivity index (χ0) is 76.3. The van der Waals surface area contributed by atoms with Crippen LogP contribution in [0.25, 0.3) is 0 Å². The Bertz CT molecular complexity index is 3010. The van der Waals surface area contributed by atoms with Gasteiger partial charge in [0.05, 0.1) is 45.9 Å². The Balaban J connectivity index is 3.34. The molecule has 0 bridgehead atoms. The number of benzene rings is 1. The number of hydrogen-bond acceptors (Lipinski definition) is 23. The Morgan fingerprint density at radius 3 is 1.16 bits per heavy atom. The molecule has 0 aliphatic heterocycles. The van der Waals surface area contributed by atoms with E-state index in [1.165, 1.54) is 11.8 Å². The van der Waals surface area contributed by atoms with Gasteiger partial charge in [0.15, 0.2) is 17.9 Å². The quantitative estimate of drug-likeness (QED) is 0.0164. The minimum atomic E-state index is -1.98. The van der Waals surface area contributed by atoms with Crippen LogP contribution in [-0.4, -0.2) is 269 Å². The van der Waals surface area contributed by atoms with Crippen LogP contribution in [0.3, 0.4) is 0 Å². The molecule has 566 valence electrons. The largest absolute Gasteiger partial charge is 0.481 e. The van der Waals surface area contributed by atoms with Crippen LogP contribution < -0.4 is 104 Å². The van der Waals surface area contributed by atoms with Crippen molar-refractivity contribution in [3.05, 3.63) is 35.9 Å². The topological polar surface area (TPSA) is 724 Å². The predicted molar refractivity (Wildman–Crippen MR) is 364 cm³/mol. The number of carbonyl (C=O) groups is 14. The lowest BCUT2D eigenvalue weighted by molar-refractivity contribution is -0.147. The van der Waals surface area contributed by atoms with Gasteiger partial charge in [-0.15, -0.1) is 0 Å². The maximum absolute atomic E-state index is 14.1. The van der Waals surface area contributed by atoms with Crippen molar-refractivity contribution in [2.24, 2.45) is 61.0 Å². The molecule has 1 aromatic carbocycles. The number of carbonyl (C=O) groups excluding carboxylic acids is 12. The second-order valence-electron chi connectivity index (χ2n) is 22.9. The molecule has 0 radical (unpaired) electrons. The van der Waals surface area contributed by atoms with Crippen LogP contribution in [0.4, 0.5) is 0 Å². The molecule has 0 spiro atoms. The summed E-state index contributed by atoms with van der Waals surface area (Å²) in [5, 5.41) is 86.8. The van der Waals surface area contributed by atoms with E-state index in [2.05, 4.69) is 78.8 Å². The molecule has 0 fully saturated rings. The molecule has 0 aromatic heterocycles. The number of aliphatic hydroxyl groups excluding tert-OH is 4. The number of rotatable bonds is 50. The number of nitrogens with two attached hydrogens (primary N) is 7.